The lowest BCUT2D eigenvalue weighted by Gasteiger charge is -2.28. The van der Waals surface area contributed by atoms with Crippen molar-refractivity contribution in [1.82, 2.24) is 4.90 Å². The number of likely N-dealkylation sites (tertiary alicyclic amines) is 1. The maximum absolute atomic E-state index is 11.9. The highest BCUT2D eigenvalue weighted by molar-refractivity contribution is 9.10. The number of nitrogens with one attached hydrogen (secondary N) is 1. The zero-order valence-electron chi connectivity index (χ0n) is 10.6. The minimum atomic E-state index is -0.00210. The fourth-order valence-corrected chi connectivity index (χ4v) is 2.42. The average molecular weight is 322 g/mol. The topological polar surface area (TPSA) is 56.1 Å². The smallest absolute Gasteiger partial charge is 0.238 e. The molecule has 0 aliphatic carbocycles. The third-order valence-corrected chi connectivity index (χ3v) is 3.79. The van der Waals surface area contributed by atoms with Gasteiger partial charge >= 0.3 is 0 Å². The van der Waals surface area contributed by atoms with Crippen molar-refractivity contribution in [3.8, 4) is 6.07 Å². The fourth-order valence-electron chi connectivity index (χ4n) is 2.16. The lowest BCUT2D eigenvalue weighted by molar-refractivity contribution is -0.117. The Balaban J connectivity index is 1.79. The molecule has 5 heteroatoms. The minimum Gasteiger partial charge on any atom is -0.325 e. The Morgan fingerprint density at radius 2 is 2.00 bits per heavy atom. The number of hydrogen-bond donors (Lipinski definition) is 1. The number of benzene rings is 1. The lowest BCUT2D eigenvalue weighted by atomic mass is 9.99. The van der Waals surface area contributed by atoms with E-state index in [2.05, 4.69) is 32.2 Å². The summed E-state index contributed by atoms with van der Waals surface area (Å²) in [4.78, 5) is 14.0. The van der Waals surface area contributed by atoms with Crippen LogP contribution in [0.5, 0.6) is 0 Å². The first-order valence-electron chi connectivity index (χ1n) is 6.35. The Bertz CT molecular complexity index is 472. The van der Waals surface area contributed by atoms with E-state index >= 15 is 0 Å². The first-order chi connectivity index (χ1) is 9.17. The van der Waals surface area contributed by atoms with Gasteiger partial charge in [0.1, 0.15) is 0 Å². The number of anilines is 1. The number of nitrogens with zero attached hydrogens (tertiary/aromatic N) is 2. The Morgan fingerprint density at radius 3 is 2.58 bits per heavy atom. The molecule has 19 heavy (non-hydrogen) atoms. The van der Waals surface area contributed by atoms with E-state index in [1.807, 2.05) is 24.3 Å². The highest BCUT2D eigenvalue weighted by Crippen LogP contribution is 2.16. The number of carbonyl (C=O) groups excluding carboxylic acids is 1. The molecule has 0 radical (unpaired) electrons. The molecule has 0 unspecified atom stereocenters. The minimum absolute atomic E-state index is 0.00210. The normalized spacial score (nSPS) is 16.8. The molecule has 1 amide bonds. The molecule has 0 bridgehead atoms. The summed E-state index contributed by atoms with van der Waals surface area (Å²) in [5.74, 6) is 0.156. The van der Waals surface area contributed by atoms with Gasteiger partial charge in [0.25, 0.3) is 0 Å². The summed E-state index contributed by atoms with van der Waals surface area (Å²) in [5.41, 5.74) is 0.806. The summed E-state index contributed by atoms with van der Waals surface area (Å²) in [6.07, 6.45) is 1.73. The molecule has 1 aliphatic rings. The quantitative estimate of drug-likeness (QED) is 0.931. The molecule has 1 aliphatic heterocycles. The maximum Gasteiger partial charge on any atom is 0.238 e. The predicted octanol–water partition coefficient (Wildman–Crippen LogP) is 2.62. The van der Waals surface area contributed by atoms with Crippen molar-refractivity contribution in [3.63, 3.8) is 0 Å². The molecule has 1 saturated heterocycles. The van der Waals surface area contributed by atoms with E-state index < -0.39 is 0 Å². The standard InChI is InChI=1S/C14H16BrN3O/c15-12-1-3-13(4-2-12)17-14(19)10-18-7-5-11(9-16)6-8-18/h1-4,11H,5-8,10H2,(H,17,19). The van der Waals surface area contributed by atoms with Crippen LogP contribution in [0.15, 0.2) is 28.7 Å². The Hall–Kier alpha value is -1.38. The van der Waals surface area contributed by atoms with Crippen molar-refractivity contribution in [2.45, 2.75) is 12.8 Å². The Morgan fingerprint density at radius 1 is 1.37 bits per heavy atom. The molecule has 0 spiro atoms. The van der Waals surface area contributed by atoms with Gasteiger partial charge in [0, 0.05) is 16.1 Å². The largest absolute Gasteiger partial charge is 0.325 e. The average Bonchev–Trinajstić information content (AvgIpc) is 2.42. The molecule has 0 atom stereocenters. The van der Waals surface area contributed by atoms with Crippen molar-refractivity contribution >= 4 is 27.5 Å². The summed E-state index contributed by atoms with van der Waals surface area (Å²) >= 11 is 3.36. The molecule has 1 aromatic carbocycles. The first-order valence-corrected chi connectivity index (χ1v) is 7.14. The van der Waals surface area contributed by atoms with Crippen LogP contribution in [0.2, 0.25) is 0 Å². The highest BCUT2D eigenvalue weighted by Gasteiger charge is 2.20. The second kappa shape index (κ2) is 6.69. The number of amides is 1. The number of hydrogen-bond acceptors (Lipinski definition) is 3. The summed E-state index contributed by atoms with van der Waals surface area (Å²) in [5, 5.41) is 11.7. The predicted molar refractivity (Wildman–Crippen MR) is 77.5 cm³/mol. The van der Waals surface area contributed by atoms with Crippen LogP contribution in [0.4, 0.5) is 5.69 Å². The van der Waals surface area contributed by atoms with Crippen LogP contribution >= 0.6 is 15.9 Å². The molecule has 1 aromatic rings. The van der Waals surface area contributed by atoms with E-state index in [0.29, 0.717) is 6.54 Å². The SMILES string of the molecule is N#CC1CCN(CC(=O)Nc2ccc(Br)cc2)CC1. The van der Waals surface area contributed by atoms with Crippen LogP contribution in [0.25, 0.3) is 0 Å². The van der Waals surface area contributed by atoms with Crippen LogP contribution in [0.3, 0.4) is 0 Å². The van der Waals surface area contributed by atoms with Crippen molar-refractivity contribution < 1.29 is 4.79 Å². The summed E-state index contributed by atoms with van der Waals surface area (Å²) < 4.78 is 0.990. The summed E-state index contributed by atoms with van der Waals surface area (Å²) in [6, 6.07) is 9.81. The van der Waals surface area contributed by atoms with Gasteiger partial charge in [-0.3, -0.25) is 9.69 Å². The second-order valence-corrected chi connectivity index (χ2v) is 5.65. The maximum atomic E-state index is 11.9. The van der Waals surface area contributed by atoms with Gasteiger partial charge in [-0.05, 0) is 50.2 Å². The first kappa shape index (κ1) is 14.0. The molecule has 1 fully saturated rings. The van der Waals surface area contributed by atoms with Crippen LogP contribution in [0.1, 0.15) is 12.8 Å². The number of nitriles is 1. The van der Waals surface area contributed by atoms with Gasteiger partial charge in [-0.25, -0.2) is 0 Å². The van der Waals surface area contributed by atoms with Gasteiger partial charge in [0.2, 0.25) is 5.91 Å². The second-order valence-electron chi connectivity index (χ2n) is 4.73. The molecular formula is C14H16BrN3O. The van der Waals surface area contributed by atoms with Gasteiger partial charge in [0.05, 0.1) is 12.6 Å². The molecule has 4 nitrogen and oxygen atoms in total. The van der Waals surface area contributed by atoms with Crippen molar-refractivity contribution in [2.75, 3.05) is 25.0 Å². The monoisotopic (exact) mass is 321 g/mol. The Labute approximate surface area is 121 Å². The molecular weight excluding hydrogens is 306 g/mol. The highest BCUT2D eigenvalue weighted by atomic mass is 79.9. The van der Waals surface area contributed by atoms with Gasteiger partial charge in [-0.2, -0.15) is 5.26 Å². The Kier molecular flexibility index (Phi) is 4.94. The van der Waals surface area contributed by atoms with E-state index in [0.717, 1.165) is 36.1 Å². The van der Waals surface area contributed by atoms with Gasteiger partial charge in [0.15, 0.2) is 0 Å². The molecule has 0 saturated carbocycles. The third kappa shape index (κ3) is 4.34. The van der Waals surface area contributed by atoms with Crippen molar-refractivity contribution in [3.05, 3.63) is 28.7 Å². The van der Waals surface area contributed by atoms with Crippen LogP contribution < -0.4 is 5.32 Å². The molecule has 100 valence electrons. The zero-order valence-corrected chi connectivity index (χ0v) is 12.2. The zero-order chi connectivity index (χ0) is 13.7. The van der Waals surface area contributed by atoms with Crippen molar-refractivity contribution in [1.29, 1.82) is 5.26 Å². The van der Waals surface area contributed by atoms with Gasteiger partial charge in [-0.1, -0.05) is 15.9 Å². The summed E-state index contributed by atoms with van der Waals surface area (Å²) in [7, 11) is 0. The molecule has 1 N–H and O–H groups in total. The van der Waals surface area contributed by atoms with E-state index in [1.165, 1.54) is 0 Å². The lowest BCUT2D eigenvalue weighted by Crippen LogP contribution is -2.39. The number of halogens is 1. The van der Waals surface area contributed by atoms with E-state index in [1.54, 1.807) is 0 Å². The van der Waals surface area contributed by atoms with Crippen LogP contribution in [0, 0.1) is 17.2 Å². The number of piperidine rings is 1. The van der Waals surface area contributed by atoms with Gasteiger partial charge < -0.3 is 5.32 Å². The van der Waals surface area contributed by atoms with E-state index in [4.69, 9.17) is 5.26 Å². The number of carbonyl (C=O) groups is 1. The molecule has 2 rings (SSSR count). The van der Waals surface area contributed by atoms with Crippen LogP contribution in [-0.4, -0.2) is 30.4 Å². The van der Waals surface area contributed by atoms with Crippen molar-refractivity contribution in [2.24, 2.45) is 5.92 Å². The molecule has 1 heterocycles. The van der Waals surface area contributed by atoms with Gasteiger partial charge in [-0.15, -0.1) is 0 Å². The fraction of sp³-hybridized carbons (Fsp3) is 0.429. The van der Waals surface area contributed by atoms with E-state index in [9.17, 15) is 4.79 Å². The number of rotatable bonds is 3. The molecule has 0 aromatic heterocycles. The third-order valence-electron chi connectivity index (χ3n) is 3.27. The van der Waals surface area contributed by atoms with E-state index in [-0.39, 0.29) is 11.8 Å². The van der Waals surface area contributed by atoms with Crippen LogP contribution in [-0.2, 0) is 4.79 Å². The summed E-state index contributed by atoms with van der Waals surface area (Å²) in [6.45, 7) is 2.05.